The Morgan fingerprint density at radius 2 is 1.19 bits per heavy atom. The normalized spacial score (nSPS) is 22.7. The lowest BCUT2D eigenvalue weighted by atomic mass is 9.91. The quantitative estimate of drug-likeness (QED) is 0.169. The minimum Gasteiger partial charge on any atom is -0.493 e. The van der Waals surface area contributed by atoms with Crippen LogP contribution in [0.2, 0.25) is 0 Å². The summed E-state index contributed by atoms with van der Waals surface area (Å²) in [6, 6.07) is 7.19. The van der Waals surface area contributed by atoms with Gasteiger partial charge in [0.2, 0.25) is 0 Å². The van der Waals surface area contributed by atoms with Crippen LogP contribution >= 0.6 is 0 Å². The number of hydrogen-bond acceptors (Lipinski definition) is 6. The van der Waals surface area contributed by atoms with Gasteiger partial charge in [-0.3, -0.25) is 0 Å². The molecule has 0 amide bonds. The SMILES string of the molecule is CCCCCCCCCCCCCCCCCCOc1ccccc1[C]1O[C@H](CO)[C@H](O)[C@H](O)[C@H]1O. The molecule has 0 aliphatic carbocycles. The van der Waals surface area contributed by atoms with Gasteiger partial charge in [0.05, 0.1) is 13.2 Å². The molecule has 1 heterocycles. The van der Waals surface area contributed by atoms with Crippen molar-refractivity contribution in [2.24, 2.45) is 0 Å². The smallest absolute Gasteiger partial charge is 0.161 e. The van der Waals surface area contributed by atoms with Crippen LogP contribution in [0.1, 0.15) is 115 Å². The molecule has 1 aromatic rings. The fourth-order valence-corrected chi connectivity index (χ4v) is 4.86. The average Bonchev–Trinajstić information content (AvgIpc) is 2.89. The molecule has 0 spiro atoms. The van der Waals surface area contributed by atoms with Gasteiger partial charge in [0.15, 0.2) is 6.10 Å². The summed E-state index contributed by atoms with van der Waals surface area (Å²) < 4.78 is 11.6. The molecule has 4 atom stereocenters. The second kappa shape index (κ2) is 19.0. The van der Waals surface area contributed by atoms with Crippen LogP contribution in [0.5, 0.6) is 5.75 Å². The maximum atomic E-state index is 10.4. The second-order valence-electron chi connectivity index (χ2n) is 10.3. The van der Waals surface area contributed by atoms with Crippen LogP contribution in [0.25, 0.3) is 0 Å². The first-order valence-corrected chi connectivity index (χ1v) is 14.5. The van der Waals surface area contributed by atoms with Crippen molar-refractivity contribution in [1.29, 1.82) is 0 Å². The van der Waals surface area contributed by atoms with Crippen molar-refractivity contribution < 1.29 is 29.9 Å². The monoisotopic (exact) mass is 507 g/mol. The Hall–Kier alpha value is -1.18. The highest BCUT2D eigenvalue weighted by Crippen LogP contribution is 2.36. The number of ether oxygens (including phenoxy) is 2. The molecule has 2 rings (SSSR count). The van der Waals surface area contributed by atoms with Gasteiger partial charge in [-0.25, -0.2) is 0 Å². The van der Waals surface area contributed by atoms with E-state index in [4.69, 9.17) is 9.47 Å². The summed E-state index contributed by atoms with van der Waals surface area (Å²) in [7, 11) is 0. The van der Waals surface area contributed by atoms with E-state index in [1.807, 2.05) is 6.07 Å². The third-order valence-electron chi connectivity index (χ3n) is 7.19. The van der Waals surface area contributed by atoms with Crippen molar-refractivity contribution in [3.8, 4) is 5.75 Å². The van der Waals surface area contributed by atoms with Gasteiger partial charge in [-0.2, -0.15) is 0 Å². The van der Waals surface area contributed by atoms with Crippen LogP contribution in [0, 0.1) is 6.10 Å². The molecule has 4 N–H and O–H groups in total. The van der Waals surface area contributed by atoms with E-state index in [2.05, 4.69) is 6.92 Å². The summed E-state index contributed by atoms with van der Waals surface area (Å²) >= 11 is 0. The first-order chi connectivity index (χ1) is 17.6. The summed E-state index contributed by atoms with van der Waals surface area (Å²) in [6.45, 7) is 2.37. The Balaban J connectivity index is 1.53. The highest BCUT2D eigenvalue weighted by atomic mass is 16.5. The van der Waals surface area contributed by atoms with Crippen molar-refractivity contribution in [3.05, 3.63) is 35.9 Å². The van der Waals surface area contributed by atoms with E-state index in [-0.39, 0.29) is 6.10 Å². The molecule has 36 heavy (non-hydrogen) atoms. The van der Waals surface area contributed by atoms with E-state index in [9.17, 15) is 20.4 Å². The largest absolute Gasteiger partial charge is 0.493 e. The predicted octanol–water partition coefficient (Wildman–Crippen LogP) is 5.68. The summed E-state index contributed by atoms with van der Waals surface area (Å²) in [4.78, 5) is 0. The van der Waals surface area contributed by atoms with Crippen molar-refractivity contribution in [1.82, 2.24) is 0 Å². The highest BCUT2D eigenvalue weighted by Gasteiger charge is 2.45. The molecular formula is C30H51O6. The minimum absolute atomic E-state index is 0.120. The molecule has 0 unspecified atom stereocenters. The molecule has 6 nitrogen and oxygen atoms in total. The number of aliphatic hydroxyl groups is 4. The fraction of sp³-hybridized carbons (Fsp3) is 0.767. The molecular weight excluding hydrogens is 456 g/mol. The summed E-state index contributed by atoms with van der Waals surface area (Å²) in [5.74, 6) is 0.563. The predicted molar refractivity (Wildman–Crippen MR) is 144 cm³/mol. The molecule has 0 saturated carbocycles. The van der Waals surface area contributed by atoms with Crippen LogP contribution < -0.4 is 4.74 Å². The molecule has 6 heteroatoms. The van der Waals surface area contributed by atoms with Gasteiger partial charge >= 0.3 is 0 Å². The summed E-state index contributed by atoms with van der Waals surface area (Å²) in [5, 5.41) is 40.0. The zero-order valence-electron chi connectivity index (χ0n) is 22.5. The van der Waals surface area contributed by atoms with Gasteiger partial charge in [0.25, 0.3) is 0 Å². The van der Waals surface area contributed by atoms with Crippen LogP contribution in [-0.2, 0) is 4.74 Å². The van der Waals surface area contributed by atoms with Crippen LogP contribution in [0.15, 0.2) is 24.3 Å². The first kappa shape index (κ1) is 31.0. The number of para-hydroxylation sites is 1. The van der Waals surface area contributed by atoms with Crippen molar-refractivity contribution >= 4 is 0 Å². The standard InChI is InChI=1S/C30H51O6/c1-2-3-4-5-6-7-8-9-10-11-12-13-14-15-16-19-22-35-25-21-18-17-20-24(25)30-29(34)28(33)27(32)26(23-31)36-30/h17-18,20-21,26-29,31-34H,2-16,19,22-23H2,1H3/t26-,27+,28+,29-/m1/s1. The third-order valence-corrected chi connectivity index (χ3v) is 7.19. The molecule has 0 aromatic heterocycles. The number of aliphatic hydroxyl groups excluding tert-OH is 4. The molecule has 0 bridgehead atoms. The van der Waals surface area contributed by atoms with Gasteiger partial charge in [-0.05, 0) is 12.5 Å². The van der Waals surface area contributed by atoms with Crippen molar-refractivity contribution in [2.45, 2.75) is 134 Å². The maximum absolute atomic E-state index is 10.4. The maximum Gasteiger partial charge on any atom is 0.161 e. The average molecular weight is 508 g/mol. The second-order valence-corrected chi connectivity index (χ2v) is 10.3. The molecule has 1 aromatic carbocycles. The van der Waals surface area contributed by atoms with Crippen molar-refractivity contribution in [3.63, 3.8) is 0 Å². The van der Waals surface area contributed by atoms with Crippen LogP contribution in [0.3, 0.4) is 0 Å². The molecule has 1 saturated heterocycles. The van der Waals surface area contributed by atoms with E-state index in [0.29, 0.717) is 17.9 Å². The molecule has 1 aliphatic rings. The molecule has 207 valence electrons. The third kappa shape index (κ3) is 11.1. The van der Waals surface area contributed by atoms with Gasteiger partial charge in [0, 0.05) is 5.56 Å². The minimum atomic E-state index is -1.43. The summed E-state index contributed by atoms with van der Waals surface area (Å²) in [6.07, 6.45) is 16.1. The van der Waals surface area contributed by atoms with Gasteiger partial charge in [0.1, 0.15) is 30.2 Å². The Bertz CT molecular complexity index is 667. The molecule has 1 aliphatic heterocycles. The van der Waals surface area contributed by atoms with Crippen LogP contribution in [-0.4, -0.2) is 58.1 Å². The Kier molecular flexibility index (Phi) is 16.4. The van der Waals surface area contributed by atoms with Gasteiger partial charge in [-0.15, -0.1) is 0 Å². The lowest BCUT2D eigenvalue weighted by Gasteiger charge is -2.39. The Morgan fingerprint density at radius 3 is 1.72 bits per heavy atom. The molecule has 1 fully saturated rings. The Morgan fingerprint density at radius 1 is 0.694 bits per heavy atom. The highest BCUT2D eigenvalue weighted by molar-refractivity contribution is 5.43. The topological polar surface area (TPSA) is 99.4 Å². The van der Waals surface area contributed by atoms with E-state index >= 15 is 0 Å². The lowest BCUT2D eigenvalue weighted by Crippen LogP contribution is -2.55. The fourth-order valence-electron chi connectivity index (χ4n) is 4.86. The van der Waals surface area contributed by atoms with Gasteiger partial charge in [-0.1, -0.05) is 121 Å². The summed E-state index contributed by atoms with van der Waals surface area (Å²) in [5.41, 5.74) is 0.533. The van der Waals surface area contributed by atoms with Gasteiger partial charge < -0.3 is 29.9 Å². The molecule has 1 radical (unpaired) electrons. The van der Waals surface area contributed by atoms with E-state index in [1.165, 1.54) is 89.9 Å². The van der Waals surface area contributed by atoms with E-state index < -0.39 is 31.0 Å². The first-order valence-electron chi connectivity index (χ1n) is 14.5. The Labute approximate surface area is 219 Å². The number of benzene rings is 1. The van der Waals surface area contributed by atoms with E-state index in [1.54, 1.807) is 18.2 Å². The zero-order chi connectivity index (χ0) is 26.0. The van der Waals surface area contributed by atoms with E-state index in [0.717, 1.165) is 12.8 Å². The number of rotatable bonds is 20. The lowest BCUT2D eigenvalue weighted by molar-refractivity contribution is -0.184. The number of hydrogen-bond donors (Lipinski definition) is 4. The zero-order valence-corrected chi connectivity index (χ0v) is 22.5. The van der Waals surface area contributed by atoms with Crippen LogP contribution in [0.4, 0.5) is 0 Å². The van der Waals surface area contributed by atoms with Crippen molar-refractivity contribution in [2.75, 3.05) is 13.2 Å². The number of unbranched alkanes of at least 4 members (excludes halogenated alkanes) is 15.